The molecule has 1 N–H and O–H groups in total. The van der Waals surface area contributed by atoms with Gasteiger partial charge in [-0.3, -0.25) is 4.79 Å². The smallest absolute Gasteiger partial charge is 0.226 e. The van der Waals surface area contributed by atoms with Crippen molar-refractivity contribution in [3.63, 3.8) is 0 Å². The van der Waals surface area contributed by atoms with Crippen LogP contribution in [0.4, 0.5) is 0 Å². The summed E-state index contributed by atoms with van der Waals surface area (Å²) in [6, 6.07) is 6.25. The summed E-state index contributed by atoms with van der Waals surface area (Å²) in [4.78, 5) is 14.0. The minimum atomic E-state index is -0.240. The van der Waals surface area contributed by atoms with Crippen LogP contribution in [0.5, 0.6) is 5.75 Å². The van der Waals surface area contributed by atoms with Gasteiger partial charge < -0.3 is 14.7 Å². The number of hydrogen-bond donors (Lipinski definition) is 1. The van der Waals surface area contributed by atoms with Crippen LogP contribution >= 0.6 is 0 Å². The maximum Gasteiger partial charge on any atom is 0.226 e. The Bertz CT molecular complexity index is 521. The second-order valence-electron chi connectivity index (χ2n) is 6.31. The molecule has 22 heavy (non-hydrogen) atoms. The third-order valence-corrected chi connectivity index (χ3v) is 4.74. The van der Waals surface area contributed by atoms with Crippen LogP contribution in [0, 0.1) is 0 Å². The van der Waals surface area contributed by atoms with E-state index in [1.54, 1.807) is 0 Å². The maximum atomic E-state index is 12.1. The molecule has 1 amide bonds. The number of rotatable bonds is 4. The minimum Gasteiger partial charge on any atom is -0.493 e. The number of likely N-dealkylation sites (tertiary alicyclic amines) is 1. The van der Waals surface area contributed by atoms with E-state index in [-0.39, 0.29) is 12.0 Å². The van der Waals surface area contributed by atoms with Crippen LogP contribution in [-0.2, 0) is 17.6 Å². The summed E-state index contributed by atoms with van der Waals surface area (Å²) in [5, 5.41) is 9.48. The maximum absolute atomic E-state index is 12.1. The van der Waals surface area contributed by atoms with E-state index >= 15 is 0 Å². The Morgan fingerprint density at radius 2 is 2.00 bits per heavy atom. The van der Waals surface area contributed by atoms with Crippen LogP contribution < -0.4 is 4.74 Å². The molecule has 0 radical (unpaired) electrons. The Hall–Kier alpha value is -1.55. The molecule has 1 heterocycles. The molecule has 0 unspecified atom stereocenters. The molecule has 0 atom stereocenters. The fraction of sp³-hybridized carbons (Fsp3) is 0.611. The highest BCUT2D eigenvalue weighted by molar-refractivity contribution is 5.76. The fourth-order valence-corrected chi connectivity index (χ4v) is 3.40. The first-order valence-electron chi connectivity index (χ1n) is 8.43. The number of aryl methyl sites for hydroxylation is 1. The number of carbonyl (C=O) groups is 1. The van der Waals surface area contributed by atoms with Gasteiger partial charge in [0.1, 0.15) is 5.75 Å². The van der Waals surface area contributed by atoms with E-state index in [9.17, 15) is 9.90 Å². The van der Waals surface area contributed by atoms with Gasteiger partial charge in [-0.25, -0.2) is 0 Å². The van der Waals surface area contributed by atoms with E-state index in [1.807, 2.05) is 17.0 Å². The molecule has 1 saturated heterocycles. The molecule has 1 aromatic rings. The normalized spacial score (nSPS) is 18.9. The number of amides is 1. The van der Waals surface area contributed by atoms with Crippen molar-refractivity contribution in [2.45, 2.75) is 51.0 Å². The molecule has 1 aliphatic heterocycles. The molecule has 120 valence electrons. The Morgan fingerprint density at radius 1 is 1.23 bits per heavy atom. The van der Waals surface area contributed by atoms with E-state index in [1.165, 1.54) is 24.0 Å². The Morgan fingerprint density at radius 3 is 2.82 bits per heavy atom. The zero-order valence-electron chi connectivity index (χ0n) is 13.1. The van der Waals surface area contributed by atoms with Gasteiger partial charge in [0.15, 0.2) is 0 Å². The first-order valence-corrected chi connectivity index (χ1v) is 8.43. The van der Waals surface area contributed by atoms with Crippen molar-refractivity contribution < 1.29 is 14.6 Å². The third kappa shape index (κ3) is 3.61. The third-order valence-electron chi connectivity index (χ3n) is 4.74. The molecule has 3 rings (SSSR count). The standard InChI is InChI=1S/C18H25NO3/c20-15-8-11-19(12-9-15)18(21)10-13-22-17-7-3-5-14-4-1-2-6-16(14)17/h3,5,7,15,20H,1-2,4,6,8-13H2. The Balaban J connectivity index is 1.50. The molecule has 4 heteroatoms. The highest BCUT2D eigenvalue weighted by atomic mass is 16.5. The van der Waals surface area contributed by atoms with E-state index in [0.29, 0.717) is 39.0 Å². The van der Waals surface area contributed by atoms with Crippen LogP contribution in [0.3, 0.4) is 0 Å². The molecule has 4 nitrogen and oxygen atoms in total. The summed E-state index contributed by atoms with van der Waals surface area (Å²) in [7, 11) is 0. The fourth-order valence-electron chi connectivity index (χ4n) is 3.40. The van der Waals surface area contributed by atoms with Crippen molar-refractivity contribution >= 4 is 5.91 Å². The van der Waals surface area contributed by atoms with Crippen molar-refractivity contribution in [2.75, 3.05) is 19.7 Å². The summed E-state index contributed by atoms with van der Waals surface area (Å²) in [6.07, 6.45) is 6.27. The van der Waals surface area contributed by atoms with Crippen LogP contribution in [0.15, 0.2) is 18.2 Å². The van der Waals surface area contributed by atoms with E-state index in [4.69, 9.17) is 4.74 Å². The SMILES string of the molecule is O=C(CCOc1cccc2c1CCCC2)N1CCC(O)CC1. The van der Waals surface area contributed by atoms with Crippen molar-refractivity contribution in [3.05, 3.63) is 29.3 Å². The summed E-state index contributed by atoms with van der Waals surface area (Å²) in [6.45, 7) is 1.77. The van der Waals surface area contributed by atoms with Crippen LogP contribution in [0.2, 0.25) is 0 Å². The highest BCUT2D eigenvalue weighted by Crippen LogP contribution is 2.29. The predicted octanol–water partition coefficient (Wildman–Crippen LogP) is 2.32. The molecule has 0 bridgehead atoms. The molecule has 0 aromatic heterocycles. The topological polar surface area (TPSA) is 49.8 Å². The number of hydrogen-bond acceptors (Lipinski definition) is 3. The summed E-state index contributed by atoms with van der Waals surface area (Å²) >= 11 is 0. The van der Waals surface area contributed by atoms with Crippen LogP contribution in [0.25, 0.3) is 0 Å². The predicted molar refractivity (Wildman–Crippen MR) is 85.0 cm³/mol. The molecule has 2 aliphatic rings. The summed E-state index contributed by atoms with van der Waals surface area (Å²) in [5.74, 6) is 1.09. The average Bonchev–Trinajstić information content (AvgIpc) is 2.55. The lowest BCUT2D eigenvalue weighted by Gasteiger charge is -2.29. The monoisotopic (exact) mass is 303 g/mol. The van der Waals surface area contributed by atoms with Gasteiger partial charge in [-0.05, 0) is 55.7 Å². The lowest BCUT2D eigenvalue weighted by Crippen LogP contribution is -2.40. The quantitative estimate of drug-likeness (QED) is 0.928. The second-order valence-corrected chi connectivity index (χ2v) is 6.31. The van der Waals surface area contributed by atoms with Crippen LogP contribution in [-0.4, -0.2) is 41.7 Å². The van der Waals surface area contributed by atoms with Crippen molar-refractivity contribution in [2.24, 2.45) is 0 Å². The average molecular weight is 303 g/mol. The van der Waals surface area contributed by atoms with Crippen molar-refractivity contribution in [1.29, 1.82) is 0 Å². The minimum absolute atomic E-state index is 0.136. The first-order chi connectivity index (χ1) is 10.7. The second kappa shape index (κ2) is 7.14. The van der Waals surface area contributed by atoms with E-state index < -0.39 is 0 Å². The number of ether oxygens (including phenoxy) is 1. The lowest BCUT2D eigenvalue weighted by atomic mass is 9.91. The van der Waals surface area contributed by atoms with Gasteiger partial charge >= 0.3 is 0 Å². The summed E-state index contributed by atoms with van der Waals surface area (Å²) in [5.41, 5.74) is 2.74. The van der Waals surface area contributed by atoms with Gasteiger partial charge in [-0.15, -0.1) is 0 Å². The molecular formula is C18H25NO3. The largest absolute Gasteiger partial charge is 0.493 e. The molecule has 1 aromatic carbocycles. The van der Waals surface area contributed by atoms with Gasteiger partial charge in [-0.2, -0.15) is 0 Å². The number of aliphatic hydroxyl groups is 1. The van der Waals surface area contributed by atoms with Crippen molar-refractivity contribution in [1.82, 2.24) is 4.90 Å². The zero-order chi connectivity index (χ0) is 15.4. The van der Waals surface area contributed by atoms with Gasteiger partial charge in [0, 0.05) is 13.1 Å². The number of piperidine rings is 1. The number of fused-ring (bicyclic) bond motifs is 1. The Kier molecular flexibility index (Phi) is 4.98. The van der Waals surface area contributed by atoms with E-state index in [2.05, 4.69) is 6.07 Å². The van der Waals surface area contributed by atoms with Crippen LogP contribution in [0.1, 0.15) is 43.2 Å². The summed E-state index contributed by atoms with van der Waals surface area (Å²) < 4.78 is 5.89. The molecule has 0 spiro atoms. The van der Waals surface area contributed by atoms with Gasteiger partial charge in [0.2, 0.25) is 5.91 Å². The number of carbonyl (C=O) groups excluding carboxylic acids is 1. The highest BCUT2D eigenvalue weighted by Gasteiger charge is 2.21. The van der Waals surface area contributed by atoms with Crippen molar-refractivity contribution in [3.8, 4) is 5.75 Å². The van der Waals surface area contributed by atoms with Gasteiger partial charge in [0.25, 0.3) is 0 Å². The number of nitrogens with zero attached hydrogens (tertiary/aromatic N) is 1. The Labute approximate surface area is 132 Å². The molecule has 0 saturated carbocycles. The first kappa shape index (κ1) is 15.3. The molecule has 1 aliphatic carbocycles. The van der Waals surface area contributed by atoms with Gasteiger partial charge in [0.05, 0.1) is 19.1 Å². The zero-order valence-corrected chi connectivity index (χ0v) is 13.1. The molecule has 1 fully saturated rings. The lowest BCUT2D eigenvalue weighted by molar-refractivity contribution is -0.133. The molecular weight excluding hydrogens is 278 g/mol. The number of aliphatic hydroxyl groups excluding tert-OH is 1. The van der Waals surface area contributed by atoms with E-state index in [0.717, 1.165) is 18.6 Å². The number of benzene rings is 1. The van der Waals surface area contributed by atoms with Gasteiger partial charge in [-0.1, -0.05) is 12.1 Å².